The smallest absolute Gasteiger partial charge is 0.128 e. The van der Waals surface area contributed by atoms with Gasteiger partial charge < -0.3 is 0 Å². The van der Waals surface area contributed by atoms with Gasteiger partial charge in [-0.25, -0.2) is 9.82 Å². The van der Waals surface area contributed by atoms with Crippen LogP contribution in [0.1, 0.15) is 35.3 Å². The van der Waals surface area contributed by atoms with Crippen LogP contribution >= 0.6 is 0 Å². The number of halogens is 1. The van der Waals surface area contributed by atoms with Crippen LogP contribution in [0.15, 0.2) is 36.5 Å². The van der Waals surface area contributed by atoms with E-state index in [0.717, 1.165) is 23.2 Å². The number of nitrogens with zero attached hydrogens (tertiary/aromatic N) is 1. The zero-order valence-electron chi connectivity index (χ0n) is 11.2. The van der Waals surface area contributed by atoms with Gasteiger partial charge in [0.25, 0.3) is 0 Å². The second-order valence-electron chi connectivity index (χ2n) is 4.53. The van der Waals surface area contributed by atoms with E-state index in [9.17, 15) is 4.39 Å². The summed E-state index contributed by atoms with van der Waals surface area (Å²) in [5, 5.41) is 0. The lowest BCUT2D eigenvalue weighted by molar-refractivity contribution is 0.550. The number of hydrogen-bond acceptors (Lipinski definition) is 3. The monoisotopic (exact) mass is 259 g/mol. The third-order valence-corrected chi connectivity index (χ3v) is 3.21. The molecule has 3 nitrogen and oxygen atoms in total. The van der Waals surface area contributed by atoms with Crippen molar-refractivity contribution in [3.63, 3.8) is 0 Å². The molecule has 0 saturated carbocycles. The molecule has 0 spiro atoms. The second-order valence-corrected chi connectivity index (χ2v) is 4.53. The quantitative estimate of drug-likeness (QED) is 0.655. The van der Waals surface area contributed by atoms with Gasteiger partial charge in [0.05, 0.1) is 11.7 Å². The molecule has 2 aromatic rings. The van der Waals surface area contributed by atoms with Gasteiger partial charge >= 0.3 is 0 Å². The van der Waals surface area contributed by atoms with Crippen LogP contribution < -0.4 is 11.3 Å². The number of rotatable bonds is 4. The highest BCUT2D eigenvalue weighted by Gasteiger charge is 2.20. The maximum absolute atomic E-state index is 14.0. The molecule has 0 aliphatic carbocycles. The Hall–Kier alpha value is -1.78. The fourth-order valence-corrected chi connectivity index (χ4v) is 2.21. The maximum atomic E-state index is 14.0. The lowest BCUT2D eigenvalue weighted by Crippen LogP contribution is -2.31. The van der Waals surface area contributed by atoms with E-state index in [4.69, 9.17) is 5.84 Å². The number of aromatic nitrogens is 1. The molecule has 1 atom stereocenters. The van der Waals surface area contributed by atoms with E-state index in [1.807, 2.05) is 26.0 Å². The first-order valence-electron chi connectivity index (χ1n) is 6.33. The van der Waals surface area contributed by atoms with Crippen molar-refractivity contribution in [2.75, 3.05) is 0 Å². The van der Waals surface area contributed by atoms with Gasteiger partial charge in [0.1, 0.15) is 5.82 Å². The summed E-state index contributed by atoms with van der Waals surface area (Å²) in [4.78, 5) is 4.36. The summed E-state index contributed by atoms with van der Waals surface area (Å²) >= 11 is 0. The topological polar surface area (TPSA) is 50.9 Å². The fraction of sp³-hybridized carbons (Fsp3) is 0.267. The van der Waals surface area contributed by atoms with Crippen LogP contribution in [0, 0.1) is 12.7 Å². The first-order valence-corrected chi connectivity index (χ1v) is 6.33. The Balaban J connectivity index is 2.53. The summed E-state index contributed by atoms with van der Waals surface area (Å²) in [7, 11) is 0. The molecule has 2 rings (SSSR count). The Kier molecular flexibility index (Phi) is 4.24. The number of nitrogens with one attached hydrogen (secondary N) is 1. The Morgan fingerprint density at radius 3 is 2.84 bits per heavy atom. The number of hydrogen-bond donors (Lipinski definition) is 2. The van der Waals surface area contributed by atoms with Crippen molar-refractivity contribution < 1.29 is 4.39 Å². The lowest BCUT2D eigenvalue weighted by atomic mass is 9.97. The molecular weight excluding hydrogens is 241 g/mol. The van der Waals surface area contributed by atoms with E-state index in [1.54, 1.807) is 18.3 Å². The van der Waals surface area contributed by atoms with Crippen LogP contribution in [-0.2, 0) is 6.42 Å². The first kappa shape index (κ1) is 13.6. The molecule has 19 heavy (non-hydrogen) atoms. The molecule has 0 bridgehead atoms. The third-order valence-electron chi connectivity index (χ3n) is 3.21. The lowest BCUT2D eigenvalue weighted by Gasteiger charge is -2.19. The highest BCUT2D eigenvalue weighted by molar-refractivity contribution is 5.35. The minimum absolute atomic E-state index is 0.277. The van der Waals surface area contributed by atoms with Crippen LogP contribution in [-0.4, -0.2) is 4.98 Å². The highest BCUT2D eigenvalue weighted by atomic mass is 19.1. The maximum Gasteiger partial charge on any atom is 0.128 e. The predicted molar refractivity (Wildman–Crippen MR) is 73.9 cm³/mol. The normalized spacial score (nSPS) is 12.4. The zero-order valence-corrected chi connectivity index (χ0v) is 11.2. The van der Waals surface area contributed by atoms with Gasteiger partial charge in [-0.15, -0.1) is 0 Å². The van der Waals surface area contributed by atoms with Crippen molar-refractivity contribution in [1.29, 1.82) is 0 Å². The van der Waals surface area contributed by atoms with Gasteiger partial charge in [0.2, 0.25) is 0 Å². The summed E-state index contributed by atoms with van der Waals surface area (Å²) in [6.07, 6.45) is 2.53. The molecule has 0 aliphatic heterocycles. The van der Waals surface area contributed by atoms with Gasteiger partial charge in [0, 0.05) is 11.8 Å². The molecule has 4 heteroatoms. The molecule has 0 amide bonds. The average Bonchev–Trinajstić information content (AvgIpc) is 2.44. The molecular formula is C15H18FN3. The molecule has 1 aromatic heterocycles. The molecule has 1 unspecified atom stereocenters. The largest absolute Gasteiger partial charge is 0.271 e. The molecule has 3 N–H and O–H groups in total. The molecule has 0 fully saturated rings. The van der Waals surface area contributed by atoms with Crippen molar-refractivity contribution in [3.8, 4) is 0 Å². The van der Waals surface area contributed by atoms with Crippen LogP contribution in [0.5, 0.6) is 0 Å². The summed E-state index contributed by atoms with van der Waals surface area (Å²) < 4.78 is 14.0. The summed E-state index contributed by atoms with van der Waals surface area (Å²) in [5.74, 6) is 5.35. The zero-order chi connectivity index (χ0) is 13.8. The number of aryl methyl sites for hydroxylation is 2. The molecule has 1 heterocycles. The van der Waals surface area contributed by atoms with Crippen molar-refractivity contribution in [1.82, 2.24) is 10.4 Å². The number of benzene rings is 1. The van der Waals surface area contributed by atoms with Gasteiger partial charge in [-0.3, -0.25) is 10.8 Å². The van der Waals surface area contributed by atoms with Gasteiger partial charge in [-0.1, -0.05) is 30.7 Å². The van der Waals surface area contributed by atoms with E-state index in [1.165, 1.54) is 6.07 Å². The first-order chi connectivity index (χ1) is 9.17. The number of hydrazine groups is 1. The standard InChI is InChI=1S/C15H18FN3/c1-3-11-5-4-8-18-14(11)15(19-17)12-9-10(2)6-7-13(12)16/h4-9,15,19H,3,17H2,1-2H3. The van der Waals surface area contributed by atoms with Crippen molar-refractivity contribution in [3.05, 3.63) is 64.7 Å². The van der Waals surface area contributed by atoms with Crippen LogP contribution in [0.25, 0.3) is 0 Å². The van der Waals surface area contributed by atoms with E-state index < -0.39 is 6.04 Å². The van der Waals surface area contributed by atoms with Gasteiger partial charge in [-0.2, -0.15) is 0 Å². The highest BCUT2D eigenvalue weighted by Crippen LogP contribution is 2.25. The van der Waals surface area contributed by atoms with Crippen LogP contribution in [0.3, 0.4) is 0 Å². The van der Waals surface area contributed by atoms with Crippen molar-refractivity contribution in [2.45, 2.75) is 26.3 Å². The number of pyridine rings is 1. The minimum atomic E-state index is -0.434. The SMILES string of the molecule is CCc1cccnc1C(NN)c1cc(C)ccc1F. The van der Waals surface area contributed by atoms with E-state index in [0.29, 0.717) is 5.56 Å². The van der Waals surface area contributed by atoms with E-state index >= 15 is 0 Å². The fourth-order valence-electron chi connectivity index (χ4n) is 2.21. The third kappa shape index (κ3) is 2.80. The van der Waals surface area contributed by atoms with Gasteiger partial charge in [-0.05, 0) is 31.0 Å². The predicted octanol–water partition coefficient (Wildman–Crippen LogP) is 2.64. The van der Waals surface area contributed by atoms with Crippen LogP contribution in [0.4, 0.5) is 4.39 Å². The summed E-state index contributed by atoms with van der Waals surface area (Å²) in [5.41, 5.74) is 6.03. The summed E-state index contributed by atoms with van der Waals surface area (Å²) in [6, 6.07) is 8.43. The average molecular weight is 259 g/mol. The second kappa shape index (κ2) is 5.91. The molecule has 100 valence electrons. The Morgan fingerprint density at radius 2 is 2.16 bits per heavy atom. The van der Waals surface area contributed by atoms with Crippen molar-refractivity contribution in [2.24, 2.45) is 5.84 Å². The van der Waals surface area contributed by atoms with Crippen molar-refractivity contribution >= 4 is 0 Å². The molecule has 1 aromatic carbocycles. The molecule has 0 radical (unpaired) electrons. The number of nitrogens with two attached hydrogens (primary N) is 1. The summed E-state index contributed by atoms with van der Waals surface area (Å²) in [6.45, 7) is 3.97. The Labute approximate surface area is 112 Å². The van der Waals surface area contributed by atoms with E-state index in [2.05, 4.69) is 10.4 Å². The Bertz CT molecular complexity index is 569. The van der Waals surface area contributed by atoms with Crippen LogP contribution in [0.2, 0.25) is 0 Å². The van der Waals surface area contributed by atoms with Gasteiger partial charge in [0.15, 0.2) is 0 Å². The molecule has 0 aliphatic rings. The Morgan fingerprint density at radius 1 is 1.37 bits per heavy atom. The molecule has 0 saturated heterocycles. The minimum Gasteiger partial charge on any atom is -0.271 e. The van der Waals surface area contributed by atoms with E-state index in [-0.39, 0.29) is 5.82 Å².